The Kier molecular flexibility index (Phi) is 7.11. The first-order chi connectivity index (χ1) is 11.1. The third kappa shape index (κ3) is 5.99. The van der Waals surface area contributed by atoms with E-state index in [2.05, 4.69) is 45.3 Å². The minimum atomic E-state index is -0.150. The second kappa shape index (κ2) is 9.08. The molecular formula is C18H19IN2OS. The molecule has 0 aliphatic rings. The Morgan fingerprint density at radius 2 is 1.96 bits per heavy atom. The van der Waals surface area contributed by atoms with Crippen molar-refractivity contribution in [1.29, 1.82) is 0 Å². The molecule has 0 saturated heterocycles. The molecule has 0 bridgehead atoms. The van der Waals surface area contributed by atoms with Crippen molar-refractivity contribution in [3.63, 3.8) is 0 Å². The van der Waals surface area contributed by atoms with E-state index in [1.165, 1.54) is 5.56 Å². The zero-order valence-electron chi connectivity index (χ0n) is 13.1. The molecule has 0 fully saturated rings. The molecule has 3 nitrogen and oxygen atoms in total. The summed E-state index contributed by atoms with van der Waals surface area (Å²) < 4.78 is 1.15. The summed E-state index contributed by atoms with van der Waals surface area (Å²) in [6.07, 6.45) is 0. The van der Waals surface area contributed by atoms with Crippen LogP contribution in [0.25, 0.3) is 0 Å². The van der Waals surface area contributed by atoms with Gasteiger partial charge in [-0.25, -0.2) is 5.43 Å². The van der Waals surface area contributed by atoms with E-state index in [0.29, 0.717) is 0 Å². The molecule has 2 aromatic rings. The first kappa shape index (κ1) is 18.0. The van der Waals surface area contributed by atoms with Crippen molar-refractivity contribution in [3.8, 4) is 0 Å². The average molecular weight is 438 g/mol. The highest BCUT2D eigenvalue weighted by atomic mass is 127. The monoisotopic (exact) mass is 438 g/mol. The highest BCUT2D eigenvalue weighted by molar-refractivity contribution is 14.1. The van der Waals surface area contributed by atoms with E-state index >= 15 is 0 Å². The number of carbonyl (C=O) groups excluding carboxylic acids is 1. The molecule has 0 saturated carbocycles. The lowest BCUT2D eigenvalue weighted by Crippen LogP contribution is -2.27. The van der Waals surface area contributed by atoms with Crippen LogP contribution < -0.4 is 5.43 Å². The Morgan fingerprint density at radius 3 is 2.65 bits per heavy atom. The maximum atomic E-state index is 12.1. The number of nitrogens with zero attached hydrogens (tertiary/aromatic N) is 1. The van der Waals surface area contributed by atoms with Crippen molar-refractivity contribution in [2.45, 2.75) is 24.9 Å². The number of benzene rings is 2. The Balaban J connectivity index is 1.87. The molecule has 1 N–H and O–H groups in total. The van der Waals surface area contributed by atoms with Crippen molar-refractivity contribution in [2.24, 2.45) is 5.10 Å². The van der Waals surface area contributed by atoms with Gasteiger partial charge < -0.3 is 0 Å². The number of hydrogen-bond donors (Lipinski definition) is 1. The molecule has 0 radical (unpaired) electrons. The predicted molar refractivity (Wildman–Crippen MR) is 107 cm³/mol. The third-order valence-corrected chi connectivity index (χ3v) is 5.17. The molecule has 120 valence electrons. The fourth-order valence-electron chi connectivity index (χ4n) is 1.88. The van der Waals surface area contributed by atoms with E-state index in [1.54, 1.807) is 11.8 Å². The lowest BCUT2D eigenvalue weighted by molar-refractivity contribution is -0.120. The molecule has 0 aliphatic carbocycles. The number of hydrazone groups is 1. The maximum absolute atomic E-state index is 12.1. The summed E-state index contributed by atoms with van der Waals surface area (Å²) >= 11 is 3.87. The number of thioether (sulfide) groups is 1. The summed E-state index contributed by atoms with van der Waals surface area (Å²) in [6, 6.07) is 18.2. The molecule has 1 amide bonds. The zero-order chi connectivity index (χ0) is 16.7. The molecule has 0 heterocycles. The van der Waals surface area contributed by atoms with Gasteiger partial charge in [-0.15, -0.1) is 11.8 Å². The Bertz CT molecular complexity index is 688. The Labute approximate surface area is 155 Å². The van der Waals surface area contributed by atoms with E-state index in [-0.39, 0.29) is 11.2 Å². The smallest absolute Gasteiger partial charge is 0.252 e. The van der Waals surface area contributed by atoms with Crippen LogP contribution in [0.15, 0.2) is 59.7 Å². The predicted octanol–water partition coefficient (Wildman–Crippen LogP) is 4.45. The molecule has 0 unspecified atom stereocenters. The van der Waals surface area contributed by atoms with E-state index in [9.17, 15) is 4.79 Å². The van der Waals surface area contributed by atoms with Gasteiger partial charge in [-0.3, -0.25) is 4.79 Å². The molecular weight excluding hydrogens is 419 g/mol. The maximum Gasteiger partial charge on any atom is 0.252 e. The molecule has 0 aromatic heterocycles. The lowest BCUT2D eigenvalue weighted by Gasteiger charge is -2.10. The fourth-order valence-corrected chi connectivity index (χ4v) is 3.26. The quantitative estimate of drug-likeness (QED) is 0.411. The normalized spacial score (nSPS) is 12.7. The zero-order valence-corrected chi connectivity index (χ0v) is 16.1. The van der Waals surface area contributed by atoms with Crippen molar-refractivity contribution >= 4 is 46.0 Å². The van der Waals surface area contributed by atoms with E-state index in [1.807, 2.05) is 56.3 Å². The molecule has 5 heteroatoms. The van der Waals surface area contributed by atoms with Crippen LogP contribution in [0.4, 0.5) is 0 Å². The summed E-state index contributed by atoms with van der Waals surface area (Å²) in [4.78, 5) is 12.1. The molecule has 1 atom stereocenters. The summed E-state index contributed by atoms with van der Waals surface area (Å²) in [7, 11) is 0. The Hall–Kier alpha value is -1.34. The third-order valence-electron chi connectivity index (χ3n) is 3.29. The number of carbonyl (C=O) groups is 1. The van der Waals surface area contributed by atoms with Gasteiger partial charge in [0.05, 0.1) is 11.0 Å². The number of amides is 1. The van der Waals surface area contributed by atoms with E-state index in [4.69, 9.17) is 0 Å². The number of hydrogen-bond acceptors (Lipinski definition) is 3. The highest BCUT2D eigenvalue weighted by Crippen LogP contribution is 2.17. The first-order valence-corrected chi connectivity index (χ1v) is 9.44. The number of halogens is 1. The Morgan fingerprint density at radius 1 is 1.22 bits per heavy atom. The summed E-state index contributed by atoms with van der Waals surface area (Å²) in [5.41, 5.74) is 5.70. The largest absolute Gasteiger partial charge is 0.272 e. The molecule has 2 aromatic carbocycles. The number of nitrogens with one attached hydrogen (secondary N) is 1. The van der Waals surface area contributed by atoms with Gasteiger partial charge in [0.15, 0.2) is 0 Å². The van der Waals surface area contributed by atoms with Gasteiger partial charge >= 0.3 is 0 Å². The van der Waals surface area contributed by atoms with Gasteiger partial charge in [-0.2, -0.15) is 5.10 Å². The van der Waals surface area contributed by atoms with Crippen molar-refractivity contribution in [3.05, 3.63) is 69.3 Å². The molecule has 0 spiro atoms. The van der Waals surface area contributed by atoms with Crippen LogP contribution in [0, 0.1) is 3.57 Å². The van der Waals surface area contributed by atoms with Crippen LogP contribution >= 0.6 is 34.4 Å². The van der Waals surface area contributed by atoms with Crippen molar-refractivity contribution < 1.29 is 4.79 Å². The fraction of sp³-hybridized carbons (Fsp3) is 0.222. The SMILES string of the molecule is C/C(=N/NC(=O)[C@H](C)SCc1ccccc1)c1cccc(I)c1. The van der Waals surface area contributed by atoms with E-state index in [0.717, 1.165) is 20.6 Å². The molecule has 0 aliphatic heterocycles. The van der Waals surface area contributed by atoms with Crippen LogP contribution in [-0.4, -0.2) is 16.9 Å². The van der Waals surface area contributed by atoms with Gasteiger partial charge in [0.25, 0.3) is 5.91 Å². The van der Waals surface area contributed by atoms with Gasteiger partial charge in [-0.1, -0.05) is 42.5 Å². The van der Waals surface area contributed by atoms with Crippen LogP contribution in [0.1, 0.15) is 25.0 Å². The van der Waals surface area contributed by atoms with Gasteiger partial charge in [0.1, 0.15) is 0 Å². The summed E-state index contributed by atoms with van der Waals surface area (Å²) in [6.45, 7) is 3.80. The molecule has 23 heavy (non-hydrogen) atoms. The summed E-state index contributed by atoms with van der Waals surface area (Å²) in [5.74, 6) is 0.741. The molecule has 2 rings (SSSR count). The lowest BCUT2D eigenvalue weighted by atomic mass is 10.1. The average Bonchev–Trinajstić information content (AvgIpc) is 2.58. The van der Waals surface area contributed by atoms with Gasteiger partial charge in [0, 0.05) is 9.32 Å². The second-order valence-electron chi connectivity index (χ2n) is 5.12. The second-order valence-corrected chi connectivity index (χ2v) is 7.70. The standard InChI is InChI=1S/C18H19IN2OS/c1-13(16-9-6-10-17(19)11-16)20-21-18(22)14(2)23-12-15-7-4-3-5-8-15/h3-11,14H,12H2,1-2H3,(H,21,22)/b20-13-/t14-/m0/s1. The van der Waals surface area contributed by atoms with Crippen LogP contribution in [0.5, 0.6) is 0 Å². The minimum absolute atomic E-state index is 0.0732. The number of rotatable bonds is 6. The van der Waals surface area contributed by atoms with Crippen LogP contribution in [0.2, 0.25) is 0 Å². The minimum Gasteiger partial charge on any atom is -0.272 e. The van der Waals surface area contributed by atoms with E-state index < -0.39 is 0 Å². The van der Waals surface area contributed by atoms with Crippen LogP contribution in [0.3, 0.4) is 0 Å². The van der Waals surface area contributed by atoms with Crippen LogP contribution in [-0.2, 0) is 10.5 Å². The van der Waals surface area contributed by atoms with Gasteiger partial charge in [-0.05, 0) is 59.7 Å². The summed E-state index contributed by atoms with van der Waals surface area (Å²) in [5, 5.41) is 4.06. The van der Waals surface area contributed by atoms with Crippen molar-refractivity contribution in [2.75, 3.05) is 0 Å². The first-order valence-electron chi connectivity index (χ1n) is 7.32. The van der Waals surface area contributed by atoms with Crippen molar-refractivity contribution in [1.82, 2.24) is 5.43 Å². The van der Waals surface area contributed by atoms with Gasteiger partial charge in [0.2, 0.25) is 0 Å². The highest BCUT2D eigenvalue weighted by Gasteiger charge is 2.13. The topological polar surface area (TPSA) is 41.5 Å².